The van der Waals surface area contributed by atoms with Gasteiger partial charge in [-0.2, -0.15) is 0 Å². The minimum Gasteiger partial charge on any atom is -0.0988 e. The van der Waals surface area contributed by atoms with E-state index in [9.17, 15) is 0 Å². The van der Waals surface area contributed by atoms with Gasteiger partial charge in [-0.15, -0.1) is 0 Å². The summed E-state index contributed by atoms with van der Waals surface area (Å²) in [6.07, 6.45) is 11.2. The molecule has 0 aliphatic carbocycles. The third-order valence-electron chi connectivity index (χ3n) is 2.57. The molecule has 0 aromatic heterocycles. The third-order valence-corrected chi connectivity index (χ3v) is 2.57. The number of hydrogen-bond acceptors (Lipinski definition) is 0. The Morgan fingerprint density at radius 1 is 1.07 bits per heavy atom. The maximum absolute atomic E-state index is 3.91. The minimum atomic E-state index is 0.871. The van der Waals surface area contributed by atoms with Gasteiger partial charge in [0.1, 0.15) is 0 Å². The van der Waals surface area contributed by atoms with Crippen LogP contribution in [-0.2, 0) is 0 Å². The van der Waals surface area contributed by atoms with Gasteiger partial charge in [-0.25, -0.2) is 0 Å². The summed E-state index contributed by atoms with van der Waals surface area (Å²) in [4.78, 5) is 0. The summed E-state index contributed by atoms with van der Waals surface area (Å²) in [7, 11) is 0. The van der Waals surface area contributed by atoms with Gasteiger partial charge in [-0.05, 0) is 18.8 Å². The van der Waals surface area contributed by atoms with Gasteiger partial charge < -0.3 is 0 Å². The largest absolute Gasteiger partial charge is 0.0988 e. The molecule has 0 aliphatic rings. The average molecular weight is 194 g/mol. The molecule has 0 aromatic carbocycles. The van der Waals surface area contributed by atoms with Gasteiger partial charge in [-0.3, -0.25) is 0 Å². The SMILES string of the molecule is C=CC(=C)CCCCCCCC(C)C. The maximum atomic E-state index is 3.91. The van der Waals surface area contributed by atoms with Crippen molar-refractivity contribution in [2.24, 2.45) is 5.92 Å². The van der Waals surface area contributed by atoms with Gasteiger partial charge in [0.15, 0.2) is 0 Å². The Bertz CT molecular complexity index is 153. The van der Waals surface area contributed by atoms with Gasteiger partial charge in [0.25, 0.3) is 0 Å². The average Bonchev–Trinajstić information content (AvgIpc) is 2.15. The molecule has 0 rings (SSSR count). The lowest BCUT2D eigenvalue weighted by atomic mass is 10.0. The Kier molecular flexibility index (Phi) is 8.72. The van der Waals surface area contributed by atoms with Gasteiger partial charge in [0.2, 0.25) is 0 Å². The topological polar surface area (TPSA) is 0 Å². The Morgan fingerprint density at radius 3 is 2.21 bits per heavy atom. The fourth-order valence-corrected chi connectivity index (χ4v) is 1.54. The second-order valence-electron chi connectivity index (χ2n) is 4.56. The quantitative estimate of drug-likeness (QED) is 0.353. The number of hydrogen-bond donors (Lipinski definition) is 0. The van der Waals surface area contributed by atoms with Crippen molar-refractivity contribution < 1.29 is 0 Å². The van der Waals surface area contributed by atoms with Crippen LogP contribution < -0.4 is 0 Å². The van der Waals surface area contributed by atoms with Crippen molar-refractivity contribution in [3.63, 3.8) is 0 Å². The molecule has 14 heavy (non-hydrogen) atoms. The van der Waals surface area contributed by atoms with E-state index in [1.807, 2.05) is 6.08 Å². The normalized spacial score (nSPS) is 10.5. The molecular formula is C14H26. The third kappa shape index (κ3) is 9.57. The van der Waals surface area contributed by atoms with E-state index in [-0.39, 0.29) is 0 Å². The molecule has 0 saturated carbocycles. The lowest BCUT2D eigenvalue weighted by molar-refractivity contribution is 0.515. The van der Waals surface area contributed by atoms with Gasteiger partial charge in [-0.1, -0.05) is 70.8 Å². The van der Waals surface area contributed by atoms with Gasteiger partial charge in [0, 0.05) is 0 Å². The molecular weight excluding hydrogens is 168 g/mol. The highest BCUT2D eigenvalue weighted by molar-refractivity contribution is 5.10. The Balaban J connectivity index is 3.06. The molecule has 0 N–H and O–H groups in total. The summed E-state index contributed by atoms with van der Waals surface area (Å²) < 4.78 is 0. The van der Waals surface area contributed by atoms with Crippen molar-refractivity contribution in [2.45, 2.75) is 58.8 Å². The summed E-state index contributed by atoms with van der Waals surface area (Å²) in [6, 6.07) is 0. The zero-order valence-corrected chi connectivity index (χ0v) is 10.0. The van der Waals surface area contributed by atoms with Crippen molar-refractivity contribution >= 4 is 0 Å². The second-order valence-corrected chi connectivity index (χ2v) is 4.56. The molecule has 0 aromatic rings. The molecule has 0 saturated heterocycles. The number of allylic oxidation sites excluding steroid dienone is 2. The number of rotatable bonds is 9. The molecule has 0 heterocycles. The summed E-state index contributed by atoms with van der Waals surface area (Å²) >= 11 is 0. The van der Waals surface area contributed by atoms with E-state index in [4.69, 9.17) is 0 Å². The maximum Gasteiger partial charge on any atom is -0.0285 e. The Labute approximate surface area is 90.1 Å². The van der Waals surface area contributed by atoms with Crippen molar-refractivity contribution in [1.82, 2.24) is 0 Å². The monoisotopic (exact) mass is 194 g/mol. The highest BCUT2D eigenvalue weighted by Crippen LogP contribution is 2.13. The molecule has 0 nitrogen and oxygen atoms in total. The summed E-state index contributed by atoms with van der Waals surface area (Å²) in [5, 5.41) is 0. The fourth-order valence-electron chi connectivity index (χ4n) is 1.54. The summed E-state index contributed by atoms with van der Waals surface area (Å²) in [5.41, 5.74) is 1.19. The molecule has 0 radical (unpaired) electrons. The zero-order valence-electron chi connectivity index (χ0n) is 10.0. The number of unbranched alkanes of at least 4 members (excludes halogenated alkanes) is 4. The van der Waals surface area contributed by atoms with Gasteiger partial charge >= 0.3 is 0 Å². The van der Waals surface area contributed by atoms with E-state index in [2.05, 4.69) is 27.0 Å². The van der Waals surface area contributed by atoms with Crippen LogP contribution in [0.5, 0.6) is 0 Å². The standard InChI is InChI=1S/C14H26/c1-5-14(4)12-10-8-6-7-9-11-13(2)3/h5,13H,1,4,6-12H2,2-3H3. The first-order chi connectivity index (χ1) is 6.66. The summed E-state index contributed by atoms with van der Waals surface area (Å²) in [6.45, 7) is 12.2. The van der Waals surface area contributed by atoms with Crippen LogP contribution in [0.4, 0.5) is 0 Å². The van der Waals surface area contributed by atoms with Crippen LogP contribution in [0.2, 0.25) is 0 Å². The van der Waals surface area contributed by atoms with Crippen molar-refractivity contribution in [2.75, 3.05) is 0 Å². The Hall–Kier alpha value is -0.520. The van der Waals surface area contributed by atoms with E-state index < -0.39 is 0 Å². The van der Waals surface area contributed by atoms with Crippen LogP contribution >= 0.6 is 0 Å². The van der Waals surface area contributed by atoms with Crippen LogP contribution in [0.3, 0.4) is 0 Å². The molecule has 0 amide bonds. The molecule has 0 unspecified atom stereocenters. The first-order valence-electron chi connectivity index (χ1n) is 5.97. The van der Waals surface area contributed by atoms with E-state index >= 15 is 0 Å². The molecule has 0 bridgehead atoms. The fraction of sp³-hybridized carbons (Fsp3) is 0.714. The zero-order chi connectivity index (χ0) is 10.8. The highest BCUT2D eigenvalue weighted by atomic mass is 14.0. The van der Waals surface area contributed by atoms with Crippen LogP contribution in [0.1, 0.15) is 58.8 Å². The van der Waals surface area contributed by atoms with E-state index in [1.165, 1.54) is 44.1 Å². The van der Waals surface area contributed by atoms with Crippen LogP contribution in [0.15, 0.2) is 24.8 Å². The molecule has 0 spiro atoms. The van der Waals surface area contributed by atoms with E-state index in [0.717, 1.165) is 12.3 Å². The van der Waals surface area contributed by atoms with Crippen molar-refractivity contribution in [1.29, 1.82) is 0 Å². The molecule has 0 atom stereocenters. The molecule has 82 valence electrons. The lowest BCUT2D eigenvalue weighted by Crippen LogP contribution is -1.87. The predicted molar refractivity (Wildman–Crippen MR) is 66.5 cm³/mol. The van der Waals surface area contributed by atoms with E-state index in [0.29, 0.717) is 0 Å². The first kappa shape index (κ1) is 13.5. The second kappa shape index (κ2) is 9.05. The van der Waals surface area contributed by atoms with Gasteiger partial charge in [0.05, 0.1) is 0 Å². The Morgan fingerprint density at radius 2 is 1.64 bits per heavy atom. The molecule has 0 heteroatoms. The highest BCUT2D eigenvalue weighted by Gasteiger charge is 1.95. The smallest absolute Gasteiger partial charge is 0.0285 e. The van der Waals surface area contributed by atoms with Crippen LogP contribution in [0.25, 0.3) is 0 Å². The van der Waals surface area contributed by atoms with E-state index in [1.54, 1.807) is 0 Å². The van der Waals surface area contributed by atoms with Crippen molar-refractivity contribution in [3.8, 4) is 0 Å². The predicted octanol–water partition coefficient (Wildman–Crippen LogP) is 5.12. The minimum absolute atomic E-state index is 0.871. The first-order valence-corrected chi connectivity index (χ1v) is 5.97. The summed E-state index contributed by atoms with van der Waals surface area (Å²) in [5.74, 6) is 0.871. The molecule has 0 aliphatic heterocycles. The van der Waals surface area contributed by atoms with Crippen LogP contribution in [0, 0.1) is 5.92 Å². The lowest BCUT2D eigenvalue weighted by Gasteiger charge is -2.04. The van der Waals surface area contributed by atoms with Crippen LogP contribution in [-0.4, -0.2) is 0 Å². The molecule has 0 fully saturated rings. The van der Waals surface area contributed by atoms with Crippen molar-refractivity contribution in [3.05, 3.63) is 24.8 Å².